The van der Waals surface area contributed by atoms with Crippen molar-refractivity contribution in [1.29, 1.82) is 0 Å². The molecule has 0 aromatic carbocycles. The lowest BCUT2D eigenvalue weighted by Gasteiger charge is -2.32. The summed E-state index contributed by atoms with van der Waals surface area (Å²) in [6.45, 7) is 1.38. The molecule has 14 heavy (non-hydrogen) atoms. The van der Waals surface area contributed by atoms with Crippen LogP contribution >= 0.6 is 0 Å². The molecule has 0 aromatic heterocycles. The Kier molecular flexibility index (Phi) is 3.47. The summed E-state index contributed by atoms with van der Waals surface area (Å²) in [6.07, 6.45) is -10.3. The van der Waals surface area contributed by atoms with Crippen LogP contribution in [-0.4, -0.2) is 19.0 Å². The van der Waals surface area contributed by atoms with Gasteiger partial charge >= 0.3 is 12.4 Å². The summed E-state index contributed by atoms with van der Waals surface area (Å²) in [5.74, 6) is 0. The molecule has 0 aliphatic heterocycles. The second-order valence-electron chi connectivity index (χ2n) is 2.81. The highest BCUT2D eigenvalue weighted by Gasteiger charge is 2.68. The number of alkyl halides is 6. The lowest BCUT2D eigenvalue weighted by molar-refractivity contribution is -0.342. The molecule has 0 N–H and O–H groups in total. The lowest BCUT2D eigenvalue weighted by atomic mass is 9.90. The normalized spacial score (nSPS) is 13.9. The Morgan fingerprint density at radius 1 is 1.07 bits per heavy atom. The molecule has 0 radical (unpaired) electrons. The minimum Gasteiger partial charge on any atom is -0.501 e. The molecule has 0 aromatic rings. The average Bonchev–Trinajstić information content (AvgIpc) is 1.95. The van der Waals surface area contributed by atoms with Crippen molar-refractivity contribution in [3.8, 4) is 0 Å². The van der Waals surface area contributed by atoms with E-state index in [1.807, 2.05) is 0 Å². The summed E-state index contributed by atoms with van der Waals surface area (Å²) in [6, 6.07) is 0. The zero-order valence-corrected chi connectivity index (χ0v) is 7.17. The Morgan fingerprint density at radius 2 is 1.43 bits per heavy atom. The number of ether oxygens (including phenoxy) is 1. The molecule has 84 valence electrons. The summed E-state index contributed by atoms with van der Waals surface area (Å²) in [5, 5.41) is 0. The second kappa shape index (κ2) is 3.70. The molecule has 0 amide bonds. The van der Waals surface area contributed by atoms with Gasteiger partial charge < -0.3 is 4.74 Å². The van der Waals surface area contributed by atoms with Gasteiger partial charge in [0.25, 0.3) is 0 Å². The van der Waals surface area contributed by atoms with E-state index >= 15 is 0 Å². The zero-order chi connectivity index (χ0) is 11.6. The van der Waals surface area contributed by atoms with Gasteiger partial charge in [0.15, 0.2) is 5.41 Å². The predicted octanol–water partition coefficient (Wildman–Crippen LogP) is 3.28. The molecule has 0 fully saturated rings. The van der Waals surface area contributed by atoms with Gasteiger partial charge in [0, 0.05) is 0 Å². The van der Waals surface area contributed by atoms with Gasteiger partial charge in [-0.1, -0.05) is 6.58 Å². The lowest BCUT2D eigenvalue weighted by Crippen LogP contribution is -2.50. The van der Waals surface area contributed by atoms with E-state index in [-0.39, 0.29) is 6.92 Å². The van der Waals surface area contributed by atoms with Crippen molar-refractivity contribution in [2.24, 2.45) is 5.41 Å². The third-order valence-corrected chi connectivity index (χ3v) is 1.74. The highest BCUT2D eigenvalue weighted by Crippen LogP contribution is 2.50. The number of halogens is 6. The van der Waals surface area contributed by atoms with E-state index in [4.69, 9.17) is 0 Å². The quantitative estimate of drug-likeness (QED) is 0.526. The fourth-order valence-electron chi connectivity index (χ4n) is 0.550. The molecule has 1 nitrogen and oxygen atoms in total. The van der Waals surface area contributed by atoms with Crippen molar-refractivity contribution in [3.63, 3.8) is 0 Å². The average molecular weight is 222 g/mol. The van der Waals surface area contributed by atoms with Crippen LogP contribution in [0.5, 0.6) is 0 Å². The van der Waals surface area contributed by atoms with Crippen LogP contribution in [0.25, 0.3) is 0 Å². The van der Waals surface area contributed by atoms with E-state index in [1.165, 1.54) is 0 Å². The van der Waals surface area contributed by atoms with E-state index in [0.717, 1.165) is 0 Å². The minimum absolute atomic E-state index is 0.0382. The van der Waals surface area contributed by atoms with Crippen LogP contribution in [0.1, 0.15) is 6.92 Å². The SMILES string of the molecule is C=COCC(C)(C(F)(F)F)C(F)(F)F. The first-order valence-electron chi connectivity index (χ1n) is 3.42. The van der Waals surface area contributed by atoms with Gasteiger partial charge in [-0.2, -0.15) is 26.3 Å². The van der Waals surface area contributed by atoms with Crippen LogP contribution in [0.4, 0.5) is 26.3 Å². The van der Waals surface area contributed by atoms with Gasteiger partial charge in [0.05, 0.1) is 6.26 Å². The predicted molar refractivity (Wildman–Crippen MR) is 36.4 cm³/mol. The molecule has 0 bridgehead atoms. The van der Waals surface area contributed by atoms with E-state index in [0.29, 0.717) is 6.26 Å². The molecule has 0 rings (SSSR count). The van der Waals surface area contributed by atoms with Crippen LogP contribution in [0, 0.1) is 5.41 Å². The molecule has 0 heterocycles. The third-order valence-electron chi connectivity index (χ3n) is 1.74. The third kappa shape index (κ3) is 2.33. The Labute approximate surface area is 76.3 Å². The van der Waals surface area contributed by atoms with Crippen LogP contribution in [0.3, 0.4) is 0 Å². The molecule has 0 aliphatic carbocycles. The summed E-state index contributed by atoms with van der Waals surface area (Å²) < 4.78 is 76.5. The number of hydrogen-bond acceptors (Lipinski definition) is 1. The Balaban J connectivity index is 4.96. The van der Waals surface area contributed by atoms with Gasteiger partial charge in [0.2, 0.25) is 0 Å². The molecule has 0 spiro atoms. The summed E-state index contributed by atoms with van der Waals surface area (Å²) in [7, 11) is 0. The summed E-state index contributed by atoms with van der Waals surface area (Å²) in [4.78, 5) is 0. The van der Waals surface area contributed by atoms with Crippen molar-refractivity contribution >= 4 is 0 Å². The molecular formula is C7H8F6O. The standard InChI is InChI=1S/C7H8F6O/c1-3-14-4-5(2,6(8,9)10)7(11,12)13/h3H,1,4H2,2H3. The van der Waals surface area contributed by atoms with Crippen molar-refractivity contribution in [2.75, 3.05) is 6.61 Å². The largest absolute Gasteiger partial charge is 0.501 e. The van der Waals surface area contributed by atoms with Gasteiger partial charge in [-0.15, -0.1) is 0 Å². The maximum absolute atomic E-state index is 12.1. The van der Waals surface area contributed by atoms with Crippen LogP contribution in [-0.2, 0) is 4.74 Å². The molecule has 7 heteroatoms. The van der Waals surface area contributed by atoms with Crippen molar-refractivity contribution in [3.05, 3.63) is 12.8 Å². The van der Waals surface area contributed by atoms with Gasteiger partial charge in [0.1, 0.15) is 6.61 Å². The first-order chi connectivity index (χ1) is 6.06. The fraction of sp³-hybridized carbons (Fsp3) is 0.714. The van der Waals surface area contributed by atoms with E-state index in [9.17, 15) is 26.3 Å². The summed E-state index contributed by atoms with van der Waals surface area (Å²) >= 11 is 0. The van der Waals surface area contributed by atoms with Crippen molar-refractivity contribution in [1.82, 2.24) is 0 Å². The second-order valence-corrected chi connectivity index (χ2v) is 2.81. The van der Waals surface area contributed by atoms with Crippen LogP contribution in [0.2, 0.25) is 0 Å². The highest BCUT2D eigenvalue weighted by molar-refractivity contribution is 4.89. The summed E-state index contributed by atoms with van der Waals surface area (Å²) in [5.41, 5.74) is -3.87. The fourth-order valence-corrected chi connectivity index (χ4v) is 0.550. The van der Waals surface area contributed by atoms with E-state index < -0.39 is 24.4 Å². The van der Waals surface area contributed by atoms with Crippen LogP contribution in [0.15, 0.2) is 12.8 Å². The van der Waals surface area contributed by atoms with Crippen molar-refractivity contribution < 1.29 is 31.1 Å². The van der Waals surface area contributed by atoms with Gasteiger partial charge in [-0.3, -0.25) is 0 Å². The Hall–Kier alpha value is -0.880. The highest BCUT2D eigenvalue weighted by atomic mass is 19.4. The smallest absolute Gasteiger partial charge is 0.406 e. The topological polar surface area (TPSA) is 9.23 Å². The number of hydrogen-bond donors (Lipinski definition) is 0. The molecule has 0 unspecified atom stereocenters. The monoisotopic (exact) mass is 222 g/mol. The van der Waals surface area contributed by atoms with E-state index in [1.54, 1.807) is 0 Å². The maximum Gasteiger partial charge on any atom is 0.406 e. The van der Waals surface area contributed by atoms with Crippen LogP contribution < -0.4 is 0 Å². The maximum atomic E-state index is 12.1. The van der Waals surface area contributed by atoms with E-state index in [2.05, 4.69) is 11.3 Å². The Morgan fingerprint density at radius 3 is 1.64 bits per heavy atom. The molecule has 0 saturated carbocycles. The molecule has 0 atom stereocenters. The molecular weight excluding hydrogens is 214 g/mol. The van der Waals surface area contributed by atoms with Crippen molar-refractivity contribution in [2.45, 2.75) is 19.3 Å². The van der Waals surface area contributed by atoms with Gasteiger partial charge in [-0.25, -0.2) is 0 Å². The first kappa shape index (κ1) is 13.1. The van der Waals surface area contributed by atoms with Gasteiger partial charge in [-0.05, 0) is 6.92 Å². The number of rotatable bonds is 3. The minimum atomic E-state index is -5.41. The first-order valence-corrected chi connectivity index (χ1v) is 3.42. The molecule has 0 saturated heterocycles. The Bertz CT molecular complexity index is 189. The zero-order valence-electron chi connectivity index (χ0n) is 7.17. The molecule has 0 aliphatic rings.